The Kier molecular flexibility index (Phi) is 20.8. The van der Waals surface area contributed by atoms with Gasteiger partial charge in [-0.3, -0.25) is 9.59 Å². The Bertz CT molecular complexity index is 541. The molecule has 1 saturated heterocycles. The number of aliphatic hydroxyl groups excluding tert-OH is 2. The molecule has 0 spiro atoms. The third-order valence-corrected chi connectivity index (χ3v) is 6.32. The summed E-state index contributed by atoms with van der Waals surface area (Å²) in [5.74, 6) is -2.50. The summed E-state index contributed by atoms with van der Waals surface area (Å²) in [6.45, 7) is 1.90. The number of carboxylic acid groups (broad SMARTS) is 2. The van der Waals surface area contributed by atoms with Crippen LogP contribution in [-0.4, -0.2) is 57.0 Å². The third-order valence-electron chi connectivity index (χ3n) is 6.32. The van der Waals surface area contributed by atoms with E-state index < -0.39 is 30.0 Å². The summed E-state index contributed by atoms with van der Waals surface area (Å²) >= 11 is 0. The van der Waals surface area contributed by atoms with Gasteiger partial charge in [0.15, 0.2) is 0 Å². The van der Waals surface area contributed by atoms with E-state index in [9.17, 15) is 19.5 Å². The van der Waals surface area contributed by atoms with Crippen LogP contribution in [0.3, 0.4) is 0 Å². The summed E-state index contributed by atoms with van der Waals surface area (Å²) < 4.78 is 0. The van der Waals surface area contributed by atoms with Crippen molar-refractivity contribution >= 4 is 17.8 Å². The van der Waals surface area contributed by atoms with Gasteiger partial charge in [-0.15, -0.1) is 0 Å². The van der Waals surface area contributed by atoms with Crippen LogP contribution in [-0.2, 0) is 14.4 Å². The van der Waals surface area contributed by atoms with E-state index in [2.05, 4.69) is 12.2 Å². The van der Waals surface area contributed by atoms with Gasteiger partial charge in [0.05, 0.1) is 18.6 Å². The van der Waals surface area contributed by atoms with E-state index in [0.717, 1.165) is 12.8 Å². The molecule has 0 saturated carbocycles. The predicted octanol–water partition coefficient (Wildman–Crippen LogP) is 4.65. The standard InChI is InChI=1S/C21H42O4.C5H7NO3/c1-2-3-4-5-6-7-8-9-10-11-12-13-14-15-16-19(21(24)25)17-20(23)18-22;7-4-2-1-3(6-4)5(8)9/h19-20,22-23H,2-18H2,1H3,(H,24,25);3H,1-2H2,(H,6,7)(H,8,9)/t;3-/m.1/s1. The van der Waals surface area contributed by atoms with Crippen molar-refractivity contribution in [3.63, 3.8) is 0 Å². The molecule has 1 heterocycles. The normalized spacial score (nSPS) is 16.9. The maximum Gasteiger partial charge on any atom is 0.326 e. The number of hydrogen-bond acceptors (Lipinski definition) is 5. The monoisotopic (exact) mass is 487 g/mol. The fraction of sp³-hybridized carbons (Fsp3) is 0.885. The first-order valence-corrected chi connectivity index (χ1v) is 13.4. The van der Waals surface area contributed by atoms with Crippen molar-refractivity contribution in [2.75, 3.05) is 6.61 Å². The number of nitrogens with one attached hydrogen (secondary N) is 1. The molecule has 1 aliphatic heterocycles. The van der Waals surface area contributed by atoms with E-state index in [1.54, 1.807) is 0 Å². The van der Waals surface area contributed by atoms with Crippen molar-refractivity contribution in [1.82, 2.24) is 5.32 Å². The number of aliphatic hydroxyl groups is 2. The molecule has 0 aromatic heterocycles. The summed E-state index contributed by atoms with van der Waals surface area (Å²) in [6.07, 6.45) is 18.6. The van der Waals surface area contributed by atoms with Gasteiger partial charge in [0.25, 0.3) is 0 Å². The smallest absolute Gasteiger partial charge is 0.326 e. The van der Waals surface area contributed by atoms with Crippen LogP contribution in [0.4, 0.5) is 0 Å². The van der Waals surface area contributed by atoms with Crippen molar-refractivity contribution in [3.05, 3.63) is 0 Å². The summed E-state index contributed by atoms with van der Waals surface area (Å²) in [7, 11) is 0. The summed E-state index contributed by atoms with van der Waals surface area (Å²) in [4.78, 5) is 31.6. The first-order valence-electron chi connectivity index (χ1n) is 13.4. The second kappa shape index (κ2) is 21.8. The van der Waals surface area contributed by atoms with Gasteiger partial charge in [0.1, 0.15) is 6.04 Å². The highest BCUT2D eigenvalue weighted by atomic mass is 16.4. The number of unbranched alkanes of at least 4 members (excludes halogenated alkanes) is 13. The second-order valence-corrected chi connectivity index (χ2v) is 9.49. The van der Waals surface area contributed by atoms with Gasteiger partial charge in [-0.05, 0) is 19.3 Å². The summed E-state index contributed by atoms with van der Waals surface area (Å²) in [6, 6.07) is -0.641. The maximum absolute atomic E-state index is 11.1. The lowest BCUT2D eigenvalue weighted by atomic mass is 9.94. The largest absolute Gasteiger partial charge is 0.481 e. The molecular formula is C26H49NO7. The Morgan fingerprint density at radius 2 is 1.35 bits per heavy atom. The average Bonchev–Trinajstić information content (AvgIpc) is 3.25. The number of carbonyl (C=O) groups is 3. The molecule has 0 radical (unpaired) electrons. The van der Waals surface area contributed by atoms with Crippen molar-refractivity contribution in [2.24, 2.45) is 5.92 Å². The molecule has 0 bridgehead atoms. The highest BCUT2D eigenvalue weighted by Crippen LogP contribution is 2.18. The number of amides is 1. The van der Waals surface area contributed by atoms with Crippen molar-refractivity contribution < 1.29 is 34.8 Å². The van der Waals surface area contributed by atoms with E-state index in [0.29, 0.717) is 19.3 Å². The molecule has 34 heavy (non-hydrogen) atoms. The lowest BCUT2D eigenvalue weighted by Crippen LogP contribution is -2.32. The maximum atomic E-state index is 11.1. The van der Waals surface area contributed by atoms with Crippen LogP contribution in [0.1, 0.15) is 122 Å². The molecule has 2 unspecified atom stereocenters. The van der Waals surface area contributed by atoms with Crippen LogP contribution < -0.4 is 5.32 Å². The number of hydrogen-bond donors (Lipinski definition) is 5. The highest BCUT2D eigenvalue weighted by molar-refractivity contribution is 5.87. The number of rotatable bonds is 20. The lowest BCUT2D eigenvalue weighted by Gasteiger charge is -2.15. The molecule has 1 amide bonds. The van der Waals surface area contributed by atoms with Gasteiger partial charge >= 0.3 is 11.9 Å². The minimum atomic E-state index is -0.944. The molecule has 3 atom stereocenters. The molecule has 200 valence electrons. The molecule has 0 aromatic carbocycles. The molecule has 1 aliphatic rings. The Hall–Kier alpha value is -1.67. The molecule has 0 aliphatic carbocycles. The molecule has 0 aromatic rings. The fourth-order valence-electron chi connectivity index (χ4n) is 4.13. The van der Waals surface area contributed by atoms with E-state index in [1.807, 2.05) is 0 Å². The Morgan fingerprint density at radius 3 is 1.68 bits per heavy atom. The zero-order valence-corrected chi connectivity index (χ0v) is 21.2. The second-order valence-electron chi connectivity index (χ2n) is 9.49. The van der Waals surface area contributed by atoms with Crippen LogP contribution in [0.2, 0.25) is 0 Å². The molecule has 8 nitrogen and oxygen atoms in total. The van der Waals surface area contributed by atoms with Crippen LogP contribution in [0.5, 0.6) is 0 Å². The predicted molar refractivity (Wildman–Crippen MR) is 133 cm³/mol. The third kappa shape index (κ3) is 18.7. The topological polar surface area (TPSA) is 144 Å². The van der Waals surface area contributed by atoms with Gasteiger partial charge in [-0.1, -0.05) is 96.8 Å². The van der Waals surface area contributed by atoms with Gasteiger partial charge in [-0.2, -0.15) is 0 Å². The first-order chi connectivity index (χ1) is 16.3. The van der Waals surface area contributed by atoms with Crippen LogP contribution in [0.25, 0.3) is 0 Å². The van der Waals surface area contributed by atoms with E-state index in [4.69, 9.17) is 15.3 Å². The zero-order chi connectivity index (χ0) is 25.6. The molecule has 8 heteroatoms. The Balaban J connectivity index is 0.000000999. The fourth-order valence-corrected chi connectivity index (χ4v) is 4.13. The number of aliphatic carboxylic acids is 2. The Labute approximate surface area is 205 Å². The lowest BCUT2D eigenvalue weighted by molar-refractivity contribution is -0.143. The highest BCUT2D eigenvalue weighted by Gasteiger charge is 2.26. The average molecular weight is 488 g/mol. The van der Waals surface area contributed by atoms with Gasteiger partial charge < -0.3 is 25.7 Å². The van der Waals surface area contributed by atoms with Crippen molar-refractivity contribution in [1.29, 1.82) is 0 Å². The minimum Gasteiger partial charge on any atom is -0.481 e. The van der Waals surface area contributed by atoms with Gasteiger partial charge in [0.2, 0.25) is 5.91 Å². The minimum absolute atomic E-state index is 0.157. The van der Waals surface area contributed by atoms with E-state index in [1.165, 1.54) is 77.0 Å². The van der Waals surface area contributed by atoms with Crippen molar-refractivity contribution in [2.45, 2.75) is 135 Å². The van der Waals surface area contributed by atoms with Gasteiger partial charge in [-0.25, -0.2) is 4.79 Å². The van der Waals surface area contributed by atoms with E-state index >= 15 is 0 Å². The van der Waals surface area contributed by atoms with Crippen molar-refractivity contribution in [3.8, 4) is 0 Å². The van der Waals surface area contributed by atoms with Crippen LogP contribution in [0, 0.1) is 5.92 Å². The summed E-state index contributed by atoms with van der Waals surface area (Å²) in [5.41, 5.74) is 0. The Morgan fingerprint density at radius 1 is 0.882 bits per heavy atom. The number of carboxylic acids is 2. The number of carbonyl (C=O) groups excluding carboxylic acids is 1. The first kappa shape index (κ1) is 32.3. The quantitative estimate of drug-likeness (QED) is 0.157. The zero-order valence-electron chi connectivity index (χ0n) is 21.2. The van der Waals surface area contributed by atoms with Gasteiger partial charge in [0, 0.05) is 6.42 Å². The van der Waals surface area contributed by atoms with E-state index in [-0.39, 0.29) is 18.9 Å². The molecule has 1 fully saturated rings. The molecule has 5 N–H and O–H groups in total. The van der Waals surface area contributed by atoms with Crippen LogP contribution in [0.15, 0.2) is 0 Å². The summed E-state index contributed by atoms with van der Waals surface area (Å²) in [5, 5.41) is 38.0. The molecule has 1 rings (SSSR count). The SMILES string of the molecule is CCCCCCCCCCCCCCCCC(CC(O)CO)C(=O)O.O=C1CC[C@H](C(=O)O)N1. The van der Waals surface area contributed by atoms with Crippen LogP contribution >= 0.6 is 0 Å². The molecular weight excluding hydrogens is 438 g/mol.